The van der Waals surface area contributed by atoms with E-state index in [1.165, 1.54) is 30.3 Å². The number of carbonyl (C=O) groups is 1. The minimum absolute atomic E-state index is 0.0253. The molecule has 0 unspecified atom stereocenters. The summed E-state index contributed by atoms with van der Waals surface area (Å²) in [5, 5.41) is 30.3. The van der Waals surface area contributed by atoms with Crippen molar-refractivity contribution in [2.75, 3.05) is 5.32 Å². The number of phenols is 2. The van der Waals surface area contributed by atoms with Crippen LogP contribution in [0, 0.1) is 5.82 Å². The molecule has 0 fully saturated rings. The van der Waals surface area contributed by atoms with Gasteiger partial charge in [0.1, 0.15) is 17.3 Å². The van der Waals surface area contributed by atoms with Gasteiger partial charge < -0.3 is 20.6 Å². The Morgan fingerprint density at radius 2 is 1.90 bits per heavy atom. The van der Waals surface area contributed by atoms with E-state index in [2.05, 4.69) is 5.32 Å². The lowest BCUT2D eigenvalue weighted by Gasteiger charge is -2.10. The molecule has 5 nitrogen and oxygen atoms in total. The summed E-state index contributed by atoms with van der Waals surface area (Å²) in [7, 11) is 0. The first-order valence-corrected chi connectivity index (χ1v) is 5.75. The first-order chi connectivity index (χ1) is 9.47. The predicted octanol–water partition coefficient (Wildman–Crippen LogP) is 2.55. The lowest BCUT2D eigenvalue weighted by Crippen LogP contribution is -2.04. The molecular weight excluding hydrogens is 265 g/mol. The number of hydrogen-bond donors (Lipinski definition) is 4. The number of nitrogens with one attached hydrogen (secondary N) is 1. The molecule has 4 N–H and O–H groups in total. The monoisotopic (exact) mass is 277 g/mol. The molecule has 104 valence electrons. The molecule has 2 aromatic rings. The minimum Gasteiger partial charge on any atom is -0.508 e. The summed E-state index contributed by atoms with van der Waals surface area (Å²) in [6.45, 7) is 0.0894. The van der Waals surface area contributed by atoms with Crippen molar-refractivity contribution < 1.29 is 24.5 Å². The second-order valence-electron chi connectivity index (χ2n) is 4.17. The highest BCUT2D eigenvalue weighted by Crippen LogP contribution is 2.24. The summed E-state index contributed by atoms with van der Waals surface area (Å²) < 4.78 is 13.5. The van der Waals surface area contributed by atoms with Crippen LogP contribution in [0.3, 0.4) is 0 Å². The van der Waals surface area contributed by atoms with Crippen LogP contribution in [0.4, 0.5) is 10.1 Å². The van der Waals surface area contributed by atoms with E-state index in [0.717, 1.165) is 6.07 Å². The van der Waals surface area contributed by atoms with Crippen LogP contribution >= 0.6 is 0 Å². The Kier molecular flexibility index (Phi) is 3.74. The smallest absolute Gasteiger partial charge is 0.335 e. The zero-order valence-electron chi connectivity index (χ0n) is 10.3. The van der Waals surface area contributed by atoms with Crippen molar-refractivity contribution in [3.8, 4) is 11.5 Å². The van der Waals surface area contributed by atoms with Gasteiger partial charge in [0.15, 0.2) is 0 Å². The number of rotatable bonds is 4. The second-order valence-corrected chi connectivity index (χ2v) is 4.17. The van der Waals surface area contributed by atoms with E-state index in [1.807, 2.05) is 0 Å². The van der Waals surface area contributed by atoms with Crippen LogP contribution < -0.4 is 5.32 Å². The van der Waals surface area contributed by atoms with Crippen molar-refractivity contribution in [1.82, 2.24) is 0 Å². The van der Waals surface area contributed by atoms with Crippen molar-refractivity contribution >= 4 is 11.7 Å². The van der Waals surface area contributed by atoms with Crippen molar-refractivity contribution in [2.45, 2.75) is 6.54 Å². The first-order valence-electron chi connectivity index (χ1n) is 5.75. The van der Waals surface area contributed by atoms with Gasteiger partial charge in [-0.1, -0.05) is 0 Å². The van der Waals surface area contributed by atoms with E-state index in [4.69, 9.17) is 10.2 Å². The number of benzene rings is 2. The van der Waals surface area contributed by atoms with E-state index < -0.39 is 11.8 Å². The molecule has 6 heteroatoms. The molecule has 0 heterocycles. The molecule has 0 saturated heterocycles. The molecule has 0 spiro atoms. The maximum absolute atomic E-state index is 13.5. The van der Waals surface area contributed by atoms with Crippen LogP contribution in [0.25, 0.3) is 0 Å². The van der Waals surface area contributed by atoms with E-state index in [9.17, 15) is 14.3 Å². The molecule has 0 atom stereocenters. The van der Waals surface area contributed by atoms with E-state index in [0.29, 0.717) is 5.56 Å². The third-order valence-corrected chi connectivity index (χ3v) is 2.75. The maximum Gasteiger partial charge on any atom is 0.335 e. The van der Waals surface area contributed by atoms with Crippen LogP contribution in [0.1, 0.15) is 15.9 Å². The second kappa shape index (κ2) is 5.48. The molecule has 0 aliphatic rings. The highest BCUT2D eigenvalue weighted by Gasteiger charge is 2.09. The Morgan fingerprint density at radius 1 is 1.15 bits per heavy atom. The standard InChI is InChI=1S/C14H12FNO4/c15-11-4-2-8(14(19)20)5-12(11)16-7-9-1-3-10(17)6-13(9)18/h1-6,16-18H,7H2,(H,19,20). The Hall–Kier alpha value is -2.76. The molecule has 2 aromatic carbocycles. The Balaban J connectivity index is 2.18. The average molecular weight is 277 g/mol. The van der Waals surface area contributed by atoms with Gasteiger partial charge in [-0.25, -0.2) is 9.18 Å². The zero-order valence-corrected chi connectivity index (χ0v) is 10.3. The number of aromatic hydroxyl groups is 2. The quantitative estimate of drug-likeness (QED) is 0.689. The van der Waals surface area contributed by atoms with E-state index >= 15 is 0 Å². The minimum atomic E-state index is -1.15. The third-order valence-electron chi connectivity index (χ3n) is 2.75. The number of aromatic carboxylic acids is 1. The fourth-order valence-corrected chi connectivity index (χ4v) is 1.69. The number of phenolic OH excluding ortho intramolecular Hbond substituents is 2. The molecular formula is C14H12FNO4. The van der Waals surface area contributed by atoms with Crippen molar-refractivity contribution in [1.29, 1.82) is 0 Å². The number of carboxylic acids is 1. The normalized spacial score (nSPS) is 10.2. The SMILES string of the molecule is O=C(O)c1ccc(F)c(NCc2ccc(O)cc2O)c1. The zero-order chi connectivity index (χ0) is 14.7. The molecule has 0 aliphatic carbocycles. The number of halogens is 1. The third kappa shape index (κ3) is 2.97. The molecule has 0 bridgehead atoms. The molecule has 2 rings (SSSR count). The fourth-order valence-electron chi connectivity index (χ4n) is 1.69. The van der Waals surface area contributed by atoms with Crippen molar-refractivity contribution in [3.05, 3.63) is 53.3 Å². The van der Waals surface area contributed by atoms with Gasteiger partial charge >= 0.3 is 5.97 Å². The largest absolute Gasteiger partial charge is 0.508 e. The van der Waals surface area contributed by atoms with Crippen molar-refractivity contribution in [3.63, 3.8) is 0 Å². The number of hydrogen-bond acceptors (Lipinski definition) is 4. The van der Waals surface area contributed by atoms with Crippen molar-refractivity contribution in [2.24, 2.45) is 0 Å². The van der Waals surface area contributed by atoms with Crippen LogP contribution in [0.2, 0.25) is 0 Å². The summed E-state index contributed by atoms with van der Waals surface area (Å²) in [6, 6.07) is 7.44. The number of carboxylic acid groups (broad SMARTS) is 1. The Morgan fingerprint density at radius 3 is 2.55 bits per heavy atom. The van der Waals surface area contributed by atoms with Gasteiger partial charge in [-0.3, -0.25) is 0 Å². The van der Waals surface area contributed by atoms with Crippen LogP contribution in [0.15, 0.2) is 36.4 Å². The summed E-state index contributed by atoms with van der Waals surface area (Å²) >= 11 is 0. The van der Waals surface area contributed by atoms with Gasteiger partial charge in [0, 0.05) is 18.2 Å². The molecule has 0 aliphatic heterocycles. The summed E-state index contributed by atoms with van der Waals surface area (Å²) in [5.41, 5.74) is 0.434. The highest BCUT2D eigenvalue weighted by molar-refractivity contribution is 5.88. The van der Waals surface area contributed by atoms with Gasteiger partial charge in [-0.2, -0.15) is 0 Å². The Bertz CT molecular complexity index is 658. The van der Waals surface area contributed by atoms with Crippen LogP contribution in [-0.2, 0) is 6.54 Å². The van der Waals surface area contributed by atoms with Gasteiger partial charge in [0.05, 0.1) is 11.3 Å². The average Bonchev–Trinajstić information content (AvgIpc) is 2.39. The topological polar surface area (TPSA) is 89.8 Å². The lowest BCUT2D eigenvalue weighted by atomic mass is 10.1. The van der Waals surface area contributed by atoms with Gasteiger partial charge in [-0.05, 0) is 30.3 Å². The molecule has 0 amide bonds. The number of anilines is 1. The van der Waals surface area contributed by atoms with E-state index in [-0.39, 0.29) is 29.3 Å². The summed E-state index contributed by atoms with van der Waals surface area (Å²) in [6.07, 6.45) is 0. The first kappa shape index (κ1) is 13.7. The Labute approximate surface area is 113 Å². The molecule has 0 aromatic heterocycles. The van der Waals surface area contributed by atoms with Crippen LogP contribution in [0.5, 0.6) is 11.5 Å². The highest BCUT2D eigenvalue weighted by atomic mass is 19.1. The lowest BCUT2D eigenvalue weighted by molar-refractivity contribution is 0.0697. The van der Waals surface area contributed by atoms with E-state index in [1.54, 1.807) is 0 Å². The summed E-state index contributed by atoms with van der Waals surface area (Å²) in [5.74, 6) is -1.95. The van der Waals surface area contributed by atoms with Crippen LogP contribution in [-0.4, -0.2) is 21.3 Å². The molecule has 0 radical (unpaired) electrons. The fraction of sp³-hybridized carbons (Fsp3) is 0.0714. The van der Waals surface area contributed by atoms with Gasteiger partial charge in [-0.15, -0.1) is 0 Å². The predicted molar refractivity (Wildman–Crippen MR) is 70.5 cm³/mol. The maximum atomic E-state index is 13.5. The molecule has 0 saturated carbocycles. The van der Waals surface area contributed by atoms with Gasteiger partial charge in [0.2, 0.25) is 0 Å². The molecule has 20 heavy (non-hydrogen) atoms. The summed E-state index contributed by atoms with van der Waals surface area (Å²) in [4.78, 5) is 10.8. The van der Waals surface area contributed by atoms with Gasteiger partial charge in [0.25, 0.3) is 0 Å².